The molecule has 190 valence electrons. The molecule has 2 aliphatic heterocycles. The normalized spacial score (nSPS) is 23.6. The summed E-state index contributed by atoms with van der Waals surface area (Å²) < 4.78 is 22.8. The van der Waals surface area contributed by atoms with Crippen LogP contribution in [-0.4, -0.2) is 44.8 Å². The molecule has 1 aromatic rings. The van der Waals surface area contributed by atoms with Crippen LogP contribution in [0.2, 0.25) is 0 Å². The maximum atomic E-state index is 13.5. The Hall–Kier alpha value is -2.80. The molecule has 35 heavy (non-hydrogen) atoms. The Morgan fingerprint density at radius 3 is 2.71 bits per heavy atom. The summed E-state index contributed by atoms with van der Waals surface area (Å²) in [4.78, 5) is 26.9. The zero-order chi connectivity index (χ0) is 25.2. The number of carbonyl (C=O) groups excluding carboxylic acids is 2. The molecule has 0 aromatic heterocycles. The van der Waals surface area contributed by atoms with Crippen LogP contribution in [-0.2, 0) is 19.1 Å². The lowest BCUT2D eigenvalue weighted by molar-refractivity contribution is -0.142. The van der Waals surface area contributed by atoms with Crippen molar-refractivity contribution in [2.45, 2.75) is 71.8 Å². The van der Waals surface area contributed by atoms with Gasteiger partial charge in [0, 0.05) is 35.9 Å². The first-order valence-corrected chi connectivity index (χ1v) is 12.6. The van der Waals surface area contributed by atoms with E-state index in [9.17, 15) is 9.59 Å². The van der Waals surface area contributed by atoms with E-state index in [1.54, 1.807) is 7.11 Å². The highest BCUT2D eigenvalue weighted by Gasteiger charge is 2.43. The Balaban J connectivity index is 1.74. The van der Waals surface area contributed by atoms with E-state index in [0.29, 0.717) is 48.0 Å². The van der Waals surface area contributed by atoms with Gasteiger partial charge in [-0.2, -0.15) is 0 Å². The number of dihydropyridines is 1. The number of esters is 1. The van der Waals surface area contributed by atoms with Crippen LogP contribution in [0.4, 0.5) is 0 Å². The van der Waals surface area contributed by atoms with Crippen LogP contribution in [0.15, 0.2) is 40.7 Å². The van der Waals surface area contributed by atoms with E-state index in [1.807, 2.05) is 32.0 Å². The molecule has 0 unspecified atom stereocenters. The molecule has 0 bridgehead atoms. The number of rotatable bonds is 8. The third-order valence-electron chi connectivity index (χ3n) is 6.87. The summed E-state index contributed by atoms with van der Waals surface area (Å²) in [5.41, 5.74) is 3.34. The van der Waals surface area contributed by atoms with Gasteiger partial charge in [0.05, 0.1) is 25.4 Å². The van der Waals surface area contributed by atoms with Crippen molar-refractivity contribution in [1.82, 2.24) is 5.32 Å². The number of nitrogens with one attached hydrogen (secondary N) is 1. The van der Waals surface area contributed by atoms with Crippen molar-refractivity contribution in [3.05, 3.63) is 46.3 Å². The van der Waals surface area contributed by atoms with Gasteiger partial charge in [-0.25, -0.2) is 4.79 Å². The molecule has 0 spiro atoms. The molecule has 4 rings (SSSR count). The highest BCUT2D eigenvalue weighted by Crippen LogP contribution is 2.48. The van der Waals surface area contributed by atoms with Gasteiger partial charge in [-0.05, 0) is 55.7 Å². The van der Waals surface area contributed by atoms with Gasteiger partial charge in [-0.3, -0.25) is 4.79 Å². The number of hydrogen-bond donors (Lipinski definition) is 1. The summed E-state index contributed by atoms with van der Waals surface area (Å²) in [7, 11) is 1.59. The van der Waals surface area contributed by atoms with Crippen LogP contribution >= 0.6 is 0 Å². The number of ketones is 1. The second kappa shape index (κ2) is 10.4. The molecule has 7 nitrogen and oxygen atoms in total. The fraction of sp³-hybridized carbons (Fsp3) is 0.571. The Labute approximate surface area is 207 Å². The number of methoxy groups -OCH3 is 1. The number of hydrogen-bond acceptors (Lipinski definition) is 7. The number of allylic oxidation sites excluding steroid dienone is 3. The molecular weight excluding hydrogens is 446 g/mol. The lowest BCUT2D eigenvalue weighted by Gasteiger charge is -2.39. The molecule has 2 atom stereocenters. The number of benzene rings is 1. The van der Waals surface area contributed by atoms with Gasteiger partial charge in [0.15, 0.2) is 17.3 Å². The van der Waals surface area contributed by atoms with E-state index in [2.05, 4.69) is 19.2 Å². The van der Waals surface area contributed by atoms with E-state index in [-0.39, 0.29) is 23.9 Å². The molecule has 3 aliphatic rings. The van der Waals surface area contributed by atoms with E-state index in [0.717, 1.165) is 36.9 Å². The fourth-order valence-electron chi connectivity index (χ4n) is 5.26. The maximum Gasteiger partial charge on any atom is 0.336 e. The first-order valence-electron chi connectivity index (χ1n) is 12.6. The Bertz CT molecular complexity index is 1050. The van der Waals surface area contributed by atoms with Gasteiger partial charge in [0.25, 0.3) is 0 Å². The number of carbonyl (C=O) groups is 2. The van der Waals surface area contributed by atoms with Gasteiger partial charge in [-0.1, -0.05) is 26.8 Å². The second-order valence-corrected chi connectivity index (χ2v) is 10.4. The molecule has 0 saturated carbocycles. The average Bonchev–Trinajstić information content (AvgIpc) is 3.33. The standard InChI is InChI=1S/C28H37NO6/c1-6-11-34-22-10-9-18(13-23(22)32-5)25-24(27(31)35-16-19-8-7-12-33-19)17(2)29-20-14-28(3,4)15-21(30)26(20)25/h9-10,13,19,25,29H,6-8,11-12,14-16H2,1-5H3/t19-,25-/m1/s1. The topological polar surface area (TPSA) is 83.1 Å². The van der Waals surface area contributed by atoms with E-state index >= 15 is 0 Å². The number of ether oxygens (including phenoxy) is 4. The Morgan fingerprint density at radius 2 is 2.03 bits per heavy atom. The smallest absolute Gasteiger partial charge is 0.336 e. The van der Waals surface area contributed by atoms with Crippen molar-refractivity contribution in [2.75, 3.05) is 26.9 Å². The quantitative estimate of drug-likeness (QED) is 0.531. The highest BCUT2D eigenvalue weighted by atomic mass is 16.6. The Morgan fingerprint density at radius 1 is 1.23 bits per heavy atom. The van der Waals surface area contributed by atoms with Crippen molar-refractivity contribution in [3.63, 3.8) is 0 Å². The van der Waals surface area contributed by atoms with Crippen LogP contribution in [0.5, 0.6) is 11.5 Å². The summed E-state index contributed by atoms with van der Waals surface area (Å²) in [5, 5.41) is 3.38. The molecule has 2 heterocycles. The van der Waals surface area contributed by atoms with Crippen LogP contribution in [0.1, 0.15) is 71.3 Å². The predicted molar refractivity (Wildman–Crippen MR) is 132 cm³/mol. The first kappa shape index (κ1) is 25.3. The monoisotopic (exact) mass is 483 g/mol. The molecular formula is C28H37NO6. The molecule has 0 radical (unpaired) electrons. The number of Topliss-reactive ketones (excluding diaryl/α,β-unsaturated/α-hetero) is 1. The van der Waals surface area contributed by atoms with E-state index in [1.165, 1.54) is 0 Å². The zero-order valence-corrected chi connectivity index (χ0v) is 21.5. The van der Waals surface area contributed by atoms with Gasteiger partial charge in [0.2, 0.25) is 0 Å². The minimum absolute atomic E-state index is 0.0518. The molecule has 7 heteroatoms. The molecule has 1 N–H and O–H groups in total. The van der Waals surface area contributed by atoms with Crippen molar-refractivity contribution in [1.29, 1.82) is 0 Å². The molecule has 1 saturated heterocycles. The van der Waals surface area contributed by atoms with Gasteiger partial charge < -0.3 is 24.3 Å². The summed E-state index contributed by atoms with van der Waals surface area (Å²) >= 11 is 0. The predicted octanol–water partition coefficient (Wildman–Crippen LogP) is 4.81. The van der Waals surface area contributed by atoms with Crippen molar-refractivity contribution in [3.8, 4) is 11.5 Å². The van der Waals surface area contributed by atoms with E-state index in [4.69, 9.17) is 18.9 Å². The lowest BCUT2D eigenvalue weighted by atomic mass is 9.68. The molecule has 1 aromatic carbocycles. The van der Waals surface area contributed by atoms with Crippen LogP contribution in [0.3, 0.4) is 0 Å². The summed E-state index contributed by atoms with van der Waals surface area (Å²) in [6, 6.07) is 5.65. The average molecular weight is 484 g/mol. The molecule has 1 aliphatic carbocycles. The summed E-state index contributed by atoms with van der Waals surface area (Å²) in [5.74, 6) is 0.299. The summed E-state index contributed by atoms with van der Waals surface area (Å²) in [6.07, 6.45) is 3.82. The summed E-state index contributed by atoms with van der Waals surface area (Å²) in [6.45, 7) is 9.59. The Kier molecular flexibility index (Phi) is 7.55. The van der Waals surface area contributed by atoms with Gasteiger partial charge >= 0.3 is 5.97 Å². The highest BCUT2D eigenvalue weighted by molar-refractivity contribution is 6.04. The lowest BCUT2D eigenvalue weighted by Crippen LogP contribution is -2.39. The third-order valence-corrected chi connectivity index (χ3v) is 6.87. The SMILES string of the molecule is CCCOc1ccc([C@@H]2C(C(=O)OC[C@H]3CCCO3)=C(C)NC3=C2C(=O)CC(C)(C)C3)cc1OC. The minimum atomic E-state index is -0.541. The molecule has 1 fully saturated rings. The van der Waals surface area contributed by atoms with Crippen LogP contribution < -0.4 is 14.8 Å². The van der Waals surface area contributed by atoms with Crippen molar-refractivity contribution >= 4 is 11.8 Å². The minimum Gasteiger partial charge on any atom is -0.493 e. The van der Waals surface area contributed by atoms with Crippen molar-refractivity contribution in [2.24, 2.45) is 5.41 Å². The van der Waals surface area contributed by atoms with Crippen LogP contribution in [0, 0.1) is 5.41 Å². The maximum absolute atomic E-state index is 13.5. The van der Waals surface area contributed by atoms with Crippen LogP contribution in [0.25, 0.3) is 0 Å². The second-order valence-electron chi connectivity index (χ2n) is 10.4. The van der Waals surface area contributed by atoms with Gasteiger partial charge in [0.1, 0.15) is 6.61 Å². The van der Waals surface area contributed by atoms with E-state index < -0.39 is 11.9 Å². The molecule has 0 amide bonds. The largest absolute Gasteiger partial charge is 0.493 e. The zero-order valence-electron chi connectivity index (χ0n) is 21.5. The fourth-order valence-corrected chi connectivity index (χ4v) is 5.26. The first-order chi connectivity index (χ1) is 16.7. The third kappa shape index (κ3) is 5.40. The van der Waals surface area contributed by atoms with Crippen molar-refractivity contribution < 1.29 is 28.5 Å². The van der Waals surface area contributed by atoms with Gasteiger partial charge in [-0.15, -0.1) is 0 Å².